The van der Waals surface area contributed by atoms with Gasteiger partial charge in [-0.2, -0.15) is 0 Å². The smallest absolute Gasteiger partial charge is 0.108 e. The van der Waals surface area contributed by atoms with E-state index < -0.39 is 0 Å². The lowest BCUT2D eigenvalue weighted by Gasteiger charge is -2.21. The second-order valence-electron chi connectivity index (χ2n) is 6.06. The number of rotatable bonds is 6. The summed E-state index contributed by atoms with van der Waals surface area (Å²) in [5, 5.41) is 3.54. The van der Waals surface area contributed by atoms with Gasteiger partial charge in [-0.15, -0.1) is 0 Å². The van der Waals surface area contributed by atoms with E-state index in [0.717, 1.165) is 18.9 Å². The van der Waals surface area contributed by atoms with Crippen molar-refractivity contribution in [1.29, 1.82) is 0 Å². The molecule has 0 saturated heterocycles. The molecule has 1 aromatic rings. The fourth-order valence-electron chi connectivity index (χ4n) is 1.85. The highest BCUT2D eigenvalue weighted by atomic mass is 15.0. The Morgan fingerprint density at radius 2 is 2.06 bits per heavy atom. The van der Waals surface area contributed by atoms with Crippen molar-refractivity contribution in [2.24, 2.45) is 13.0 Å². The molecule has 1 rings (SSSR count). The van der Waals surface area contributed by atoms with Crippen LogP contribution in [0.5, 0.6) is 0 Å². The molecule has 0 amide bonds. The Morgan fingerprint density at radius 3 is 2.59 bits per heavy atom. The van der Waals surface area contributed by atoms with Gasteiger partial charge in [-0.05, 0) is 46.1 Å². The average molecular weight is 237 g/mol. The molecule has 1 unspecified atom stereocenters. The molecule has 1 aromatic heterocycles. The summed E-state index contributed by atoms with van der Waals surface area (Å²) in [6, 6.07) is 0. The zero-order chi connectivity index (χ0) is 12.9. The van der Waals surface area contributed by atoms with Crippen LogP contribution >= 0.6 is 0 Å². The normalized spacial score (nSPS) is 13.9. The minimum Gasteiger partial charge on any atom is -0.338 e. The standard InChI is InChI=1S/C14H27N3/c1-12(8-9-16-14(2,3)4)6-7-13-15-10-11-17(13)5/h10-12,16H,6-9H2,1-5H3. The maximum atomic E-state index is 4.35. The van der Waals surface area contributed by atoms with Gasteiger partial charge >= 0.3 is 0 Å². The van der Waals surface area contributed by atoms with Crippen molar-refractivity contribution in [2.75, 3.05) is 6.54 Å². The highest BCUT2D eigenvalue weighted by Crippen LogP contribution is 2.11. The van der Waals surface area contributed by atoms with Crippen LogP contribution in [0, 0.1) is 5.92 Å². The summed E-state index contributed by atoms with van der Waals surface area (Å²) in [5.41, 5.74) is 0.236. The SMILES string of the molecule is CC(CCNC(C)(C)C)CCc1nccn1C. The van der Waals surface area contributed by atoms with Crippen molar-refractivity contribution >= 4 is 0 Å². The van der Waals surface area contributed by atoms with Crippen LogP contribution in [0.2, 0.25) is 0 Å². The third-order valence-electron chi connectivity index (χ3n) is 3.07. The van der Waals surface area contributed by atoms with Gasteiger partial charge in [0.15, 0.2) is 0 Å². The topological polar surface area (TPSA) is 29.9 Å². The number of hydrogen-bond donors (Lipinski definition) is 1. The van der Waals surface area contributed by atoms with Crippen molar-refractivity contribution in [2.45, 2.75) is 52.5 Å². The molecule has 0 radical (unpaired) electrons. The van der Waals surface area contributed by atoms with E-state index >= 15 is 0 Å². The lowest BCUT2D eigenvalue weighted by molar-refractivity contribution is 0.385. The summed E-state index contributed by atoms with van der Waals surface area (Å²) in [6.45, 7) is 10.1. The zero-order valence-electron chi connectivity index (χ0n) is 12.0. The van der Waals surface area contributed by atoms with Crippen molar-refractivity contribution in [3.63, 3.8) is 0 Å². The fourth-order valence-corrected chi connectivity index (χ4v) is 1.85. The van der Waals surface area contributed by atoms with Crippen LogP contribution in [-0.2, 0) is 13.5 Å². The van der Waals surface area contributed by atoms with Crippen molar-refractivity contribution in [3.8, 4) is 0 Å². The molecule has 0 saturated carbocycles. The van der Waals surface area contributed by atoms with Gasteiger partial charge < -0.3 is 9.88 Å². The lowest BCUT2D eigenvalue weighted by atomic mass is 10.0. The van der Waals surface area contributed by atoms with E-state index in [-0.39, 0.29) is 5.54 Å². The highest BCUT2D eigenvalue weighted by molar-refractivity contribution is 4.91. The molecule has 0 aliphatic carbocycles. The first kappa shape index (κ1) is 14.2. The van der Waals surface area contributed by atoms with Crippen LogP contribution < -0.4 is 5.32 Å². The molecule has 98 valence electrons. The highest BCUT2D eigenvalue weighted by Gasteiger charge is 2.10. The van der Waals surface area contributed by atoms with E-state index in [0.29, 0.717) is 0 Å². The lowest BCUT2D eigenvalue weighted by Crippen LogP contribution is -2.36. The minimum atomic E-state index is 0.236. The van der Waals surface area contributed by atoms with Crippen molar-refractivity contribution in [1.82, 2.24) is 14.9 Å². The molecular weight excluding hydrogens is 210 g/mol. The summed E-state index contributed by atoms with van der Waals surface area (Å²) >= 11 is 0. The molecule has 17 heavy (non-hydrogen) atoms. The monoisotopic (exact) mass is 237 g/mol. The van der Waals surface area contributed by atoms with Crippen LogP contribution in [0.1, 0.15) is 46.4 Å². The third kappa shape index (κ3) is 5.87. The first-order valence-corrected chi connectivity index (χ1v) is 6.60. The maximum Gasteiger partial charge on any atom is 0.108 e. The predicted molar refractivity (Wildman–Crippen MR) is 73.1 cm³/mol. The van der Waals surface area contributed by atoms with Crippen molar-refractivity contribution < 1.29 is 0 Å². The Morgan fingerprint density at radius 1 is 1.35 bits per heavy atom. The fraction of sp³-hybridized carbons (Fsp3) is 0.786. The van der Waals surface area contributed by atoms with E-state index in [9.17, 15) is 0 Å². The van der Waals surface area contributed by atoms with E-state index in [4.69, 9.17) is 0 Å². The molecule has 1 heterocycles. The molecule has 0 aromatic carbocycles. The van der Waals surface area contributed by atoms with Crippen LogP contribution in [0.25, 0.3) is 0 Å². The second kappa shape index (κ2) is 6.20. The average Bonchev–Trinajstić information content (AvgIpc) is 2.59. The molecule has 0 fully saturated rings. The number of aromatic nitrogens is 2. The largest absolute Gasteiger partial charge is 0.338 e. The minimum absolute atomic E-state index is 0.236. The van der Waals surface area contributed by atoms with Gasteiger partial charge in [-0.1, -0.05) is 6.92 Å². The molecule has 1 atom stereocenters. The third-order valence-corrected chi connectivity index (χ3v) is 3.07. The number of nitrogens with one attached hydrogen (secondary N) is 1. The number of nitrogens with zero attached hydrogens (tertiary/aromatic N) is 2. The molecule has 3 nitrogen and oxygen atoms in total. The Labute approximate surface area is 106 Å². The zero-order valence-corrected chi connectivity index (χ0v) is 12.0. The Bertz CT molecular complexity index is 322. The molecule has 0 aliphatic heterocycles. The van der Waals surface area contributed by atoms with Gasteiger partial charge in [0.25, 0.3) is 0 Å². The Kier molecular flexibility index (Phi) is 5.19. The number of imidazole rings is 1. The van der Waals surface area contributed by atoms with E-state index in [2.05, 4.69) is 49.6 Å². The quantitative estimate of drug-likeness (QED) is 0.824. The molecular formula is C14H27N3. The second-order valence-corrected chi connectivity index (χ2v) is 6.06. The van der Waals surface area contributed by atoms with Crippen LogP contribution in [0.3, 0.4) is 0 Å². The van der Waals surface area contributed by atoms with E-state index in [1.54, 1.807) is 0 Å². The van der Waals surface area contributed by atoms with Crippen molar-refractivity contribution in [3.05, 3.63) is 18.2 Å². The van der Waals surface area contributed by atoms with Gasteiger partial charge in [-0.25, -0.2) is 4.98 Å². The number of aryl methyl sites for hydroxylation is 2. The van der Waals surface area contributed by atoms with Crippen LogP contribution in [0.4, 0.5) is 0 Å². The summed E-state index contributed by atoms with van der Waals surface area (Å²) in [5.74, 6) is 1.95. The molecule has 3 heteroatoms. The molecule has 0 spiro atoms. The maximum absolute atomic E-state index is 4.35. The van der Waals surface area contributed by atoms with Gasteiger partial charge in [-0.3, -0.25) is 0 Å². The summed E-state index contributed by atoms with van der Waals surface area (Å²) in [7, 11) is 2.06. The first-order valence-electron chi connectivity index (χ1n) is 6.60. The molecule has 0 bridgehead atoms. The van der Waals surface area contributed by atoms with Crippen LogP contribution in [-0.4, -0.2) is 21.6 Å². The summed E-state index contributed by atoms with van der Waals surface area (Å²) < 4.78 is 2.11. The summed E-state index contributed by atoms with van der Waals surface area (Å²) in [4.78, 5) is 4.35. The predicted octanol–water partition coefficient (Wildman–Crippen LogP) is 2.77. The van der Waals surface area contributed by atoms with Gasteiger partial charge in [0.05, 0.1) is 0 Å². The number of hydrogen-bond acceptors (Lipinski definition) is 2. The van der Waals surface area contributed by atoms with E-state index in [1.807, 2.05) is 12.4 Å². The summed E-state index contributed by atoms with van der Waals surface area (Å²) in [6.07, 6.45) is 7.43. The molecule has 1 N–H and O–H groups in total. The van der Waals surface area contributed by atoms with E-state index in [1.165, 1.54) is 18.7 Å². The van der Waals surface area contributed by atoms with Gasteiger partial charge in [0.1, 0.15) is 5.82 Å². The Balaban J connectivity index is 2.18. The Hall–Kier alpha value is -0.830. The van der Waals surface area contributed by atoms with Gasteiger partial charge in [0, 0.05) is 31.4 Å². The van der Waals surface area contributed by atoms with Gasteiger partial charge in [0.2, 0.25) is 0 Å². The molecule has 0 aliphatic rings. The first-order chi connectivity index (χ1) is 7.88. The van der Waals surface area contributed by atoms with Crippen LogP contribution in [0.15, 0.2) is 12.4 Å².